The minimum absolute atomic E-state index is 0.0294. The van der Waals surface area contributed by atoms with Gasteiger partial charge < -0.3 is 10.4 Å². The first-order valence-electron chi connectivity index (χ1n) is 8.35. The molecule has 0 bridgehead atoms. The molecule has 0 aromatic carbocycles. The number of rotatable bonds is 7. The van der Waals surface area contributed by atoms with E-state index in [-0.39, 0.29) is 29.4 Å². The van der Waals surface area contributed by atoms with Crippen LogP contribution in [0.15, 0.2) is 41.7 Å². The molecule has 0 saturated carbocycles. The molecule has 4 rings (SSSR count). The van der Waals surface area contributed by atoms with Gasteiger partial charge in [-0.1, -0.05) is 11.8 Å². The molecule has 14 heteroatoms. The summed E-state index contributed by atoms with van der Waals surface area (Å²) in [6.07, 6.45) is 7.38. The van der Waals surface area contributed by atoms with Crippen molar-refractivity contribution in [2.24, 2.45) is 5.92 Å². The van der Waals surface area contributed by atoms with E-state index in [1.54, 1.807) is 0 Å². The summed E-state index contributed by atoms with van der Waals surface area (Å²) >= 11 is 2.63. The molecule has 4 heterocycles. The van der Waals surface area contributed by atoms with Gasteiger partial charge in [0.2, 0.25) is 11.8 Å². The van der Waals surface area contributed by atoms with Crippen LogP contribution < -0.4 is 5.32 Å². The zero-order chi connectivity index (χ0) is 20.4. The molecule has 2 N–H and O–H groups in total. The first kappa shape index (κ1) is 19.3. The number of aliphatic carboxylic acids is 1. The van der Waals surface area contributed by atoms with Gasteiger partial charge in [-0.2, -0.15) is 0 Å². The van der Waals surface area contributed by atoms with Gasteiger partial charge in [0.15, 0.2) is 0 Å². The van der Waals surface area contributed by atoms with Crippen LogP contribution in [-0.4, -0.2) is 74.5 Å². The fourth-order valence-corrected chi connectivity index (χ4v) is 5.49. The molecule has 0 spiro atoms. The topological polar surface area (TPSA) is 156 Å². The Balaban J connectivity index is 1.54. The predicted molar refractivity (Wildman–Crippen MR) is 99.9 cm³/mol. The number of thioether (sulfide) groups is 2. The number of carboxylic acid groups (broad SMARTS) is 1. The molecule has 2 aromatic heterocycles. The largest absolute Gasteiger partial charge is 0.477 e. The second kappa shape index (κ2) is 8.16. The van der Waals surface area contributed by atoms with E-state index in [1.807, 2.05) is 0 Å². The molecule has 0 radical (unpaired) electrons. The lowest BCUT2D eigenvalue weighted by atomic mass is 9.96. The molecule has 1 fully saturated rings. The van der Waals surface area contributed by atoms with Crippen molar-refractivity contribution < 1.29 is 19.5 Å². The quantitative estimate of drug-likeness (QED) is 0.319. The molecule has 2 aliphatic heterocycles. The number of hydrogen-bond donors (Lipinski definition) is 2. The van der Waals surface area contributed by atoms with Crippen molar-refractivity contribution in [1.82, 2.24) is 40.4 Å². The molecule has 2 aromatic rings. The molecular formula is C15H14N8O4S2. The first-order valence-corrected chi connectivity index (χ1v) is 10.3. The van der Waals surface area contributed by atoms with E-state index < -0.39 is 17.3 Å². The highest BCUT2D eigenvalue weighted by atomic mass is 32.2. The van der Waals surface area contributed by atoms with Crippen LogP contribution in [0.2, 0.25) is 0 Å². The van der Waals surface area contributed by atoms with Crippen molar-refractivity contribution >= 4 is 41.3 Å². The van der Waals surface area contributed by atoms with E-state index in [9.17, 15) is 19.5 Å². The summed E-state index contributed by atoms with van der Waals surface area (Å²) in [7, 11) is 0. The number of nitrogens with one attached hydrogen (secondary N) is 1. The number of β-lactam (4-membered cyclic amide) rings is 1. The predicted octanol–water partition coefficient (Wildman–Crippen LogP) is -0.802. The van der Waals surface area contributed by atoms with Crippen molar-refractivity contribution in [2.45, 2.75) is 22.3 Å². The molecule has 150 valence electrons. The maximum Gasteiger partial charge on any atom is 0.352 e. The Hall–Kier alpha value is -3.00. The van der Waals surface area contributed by atoms with Crippen LogP contribution in [0.5, 0.6) is 0 Å². The maximum atomic E-state index is 12.8. The molecule has 2 unspecified atom stereocenters. The summed E-state index contributed by atoms with van der Waals surface area (Å²) in [6.45, 7) is -0.118. The Bertz CT molecular complexity index is 954. The third kappa shape index (κ3) is 3.93. The third-order valence-corrected chi connectivity index (χ3v) is 6.54. The van der Waals surface area contributed by atoms with Crippen molar-refractivity contribution in [3.05, 3.63) is 36.7 Å². The van der Waals surface area contributed by atoms with Crippen LogP contribution in [0.25, 0.3) is 0 Å². The third-order valence-electron chi connectivity index (χ3n) is 4.22. The van der Waals surface area contributed by atoms with Crippen LogP contribution in [0.1, 0.15) is 0 Å². The Morgan fingerprint density at radius 2 is 2.28 bits per heavy atom. The summed E-state index contributed by atoms with van der Waals surface area (Å²) in [5, 5.41) is 22.3. The van der Waals surface area contributed by atoms with Crippen LogP contribution in [0.4, 0.5) is 0 Å². The van der Waals surface area contributed by atoms with Crippen molar-refractivity contribution in [3.8, 4) is 0 Å². The number of carboxylic acids is 1. The fraction of sp³-hybridized carbons (Fsp3) is 0.333. The number of amides is 2. The second-order valence-corrected chi connectivity index (χ2v) is 8.32. The average Bonchev–Trinajstić information content (AvgIpc) is 3.20. The first-order chi connectivity index (χ1) is 14.0. The number of nitrogens with zero attached hydrogens (tertiary/aromatic N) is 7. The minimum atomic E-state index is -1.15. The summed E-state index contributed by atoms with van der Waals surface area (Å²) in [6, 6.07) is 0. The number of carbonyl (C=O) groups excluding carboxylic acids is 2. The summed E-state index contributed by atoms with van der Waals surface area (Å²) in [5.41, 5.74) is -0.0294. The highest BCUT2D eigenvalue weighted by Crippen LogP contribution is 2.45. The molecule has 1 saturated heterocycles. The van der Waals surface area contributed by atoms with Gasteiger partial charge in [-0.15, -0.1) is 16.9 Å². The van der Waals surface area contributed by atoms with Crippen molar-refractivity contribution in [1.29, 1.82) is 0 Å². The van der Waals surface area contributed by atoms with Gasteiger partial charge in [-0.25, -0.2) is 14.5 Å². The summed E-state index contributed by atoms with van der Waals surface area (Å²) in [4.78, 5) is 46.2. The summed E-state index contributed by atoms with van der Waals surface area (Å²) < 4.78 is 1.26. The van der Waals surface area contributed by atoms with Gasteiger partial charge in [-0.05, 0) is 16.5 Å². The van der Waals surface area contributed by atoms with Gasteiger partial charge in [0.1, 0.15) is 23.6 Å². The Kier molecular flexibility index (Phi) is 5.44. The Labute approximate surface area is 172 Å². The highest BCUT2D eigenvalue weighted by Gasteiger charge is 2.55. The van der Waals surface area contributed by atoms with Crippen molar-refractivity contribution in [3.63, 3.8) is 0 Å². The Morgan fingerprint density at radius 3 is 2.97 bits per heavy atom. The van der Waals surface area contributed by atoms with Gasteiger partial charge in [0.05, 0.1) is 22.9 Å². The number of fused-ring (bicyclic) bond motifs is 1. The number of tetrazole rings is 1. The second-order valence-electron chi connectivity index (χ2n) is 6.01. The molecule has 0 aliphatic carbocycles. The van der Waals surface area contributed by atoms with Crippen LogP contribution in [0.3, 0.4) is 0 Å². The van der Waals surface area contributed by atoms with Crippen LogP contribution in [-0.2, 0) is 20.9 Å². The lowest BCUT2D eigenvalue weighted by Crippen LogP contribution is -2.66. The maximum absolute atomic E-state index is 12.8. The number of carbonyl (C=O) groups is 3. The SMILES string of the molecule is O=C(Cn1cnnn1)NC(Sc1cnccn1)C1C(=O)N2C(C(=O)O)=CCS[C@@H]12. The van der Waals surface area contributed by atoms with Crippen LogP contribution >= 0.6 is 23.5 Å². The highest BCUT2D eigenvalue weighted by molar-refractivity contribution is 8.01. The molecule has 2 aliphatic rings. The lowest BCUT2D eigenvalue weighted by Gasteiger charge is -2.50. The lowest BCUT2D eigenvalue weighted by molar-refractivity contribution is -0.152. The molecule has 2 amide bonds. The van der Waals surface area contributed by atoms with E-state index in [0.29, 0.717) is 10.8 Å². The minimum Gasteiger partial charge on any atom is -0.477 e. The number of hydrogen-bond acceptors (Lipinski definition) is 10. The molecule has 12 nitrogen and oxygen atoms in total. The smallest absolute Gasteiger partial charge is 0.352 e. The van der Waals surface area contributed by atoms with E-state index in [1.165, 1.54) is 64.1 Å². The van der Waals surface area contributed by atoms with Gasteiger partial charge in [0.25, 0.3) is 0 Å². The summed E-state index contributed by atoms with van der Waals surface area (Å²) in [5.74, 6) is -2.05. The average molecular weight is 434 g/mol. The van der Waals surface area contributed by atoms with Gasteiger partial charge in [-0.3, -0.25) is 19.5 Å². The number of aromatic nitrogens is 6. The zero-order valence-corrected chi connectivity index (χ0v) is 16.3. The molecular weight excluding hydrogens is 420 g/mol. The van der Waals surface area contributed by atoms with E-state index >= 15 is 0 Å². The van der Waals surface area contributed by atoms with Crippen LogP contribution in [0, 0.1) is 5.92 Å². The normalized spacial score (nSPS) is 21.6. The standard InChI is InChI=1S/C15H14N8O4S2/c24-9(6-22-7-18-20-21-22)19-12(29-10-5-16-2-3-17-10)11-13(25)23-8(15(26)27)1-4-28-14(11)23/h1-3,5,7,11-12,14H,4,6H2,(H,19,24)(H,26,27)/t11?,12?,14-/m0/s1. The Morgan fingerprint density at radius 1 is 1.41 bits per heavy atom. The van der Waals surface area contributed by atoms with E-state index in [0.717, 1.165) is 0 Å². The fourth-order valence-electron chi connectivity index (χ4n) is 2.99. The molecule has 3 atom stereocenters. The van der Waals surface area contributed by atoms with E-state index in [4.69, 9.17) is 0 Å². The monoisotopic (exact) mass is 434 g/mol. The van der Waals surface area contributed by atoms with Crippen molar-refractivity contribution in [2.75, 3.05) is 5.75 Å². The van der Waals surface area contributed by atoms with Gasteiger partial charge >= 0.3 is 5.97 Å². The van der Waals surface area contributed by atoms with E-state index in [2.05, 4.69) is 30.8 Å². The molecule has 29 heavy (non-hydrogen) atoms. The van der Waals surface area contributed by atoms with Gasteiger partial charge in [0, 0.05) is 18.1 Å². The zero-order valence-electron chi connectivity index (χ0n) is 14.7.